The van der Waals surface area contributed by atoms with Gasteiger partial charge in [0.25, 0.3) is 0 Å². The van der Waals surface area contributed by atoms with Crippen LogP contribution in [0.5, 0.6) is 5.75 Å². The molecule has 0 bridgehead atoms. The van der Waals surface area contributed by atoms with Gasteiger partial charge in [-0.2, -0.15) is 0 Å². The van der Waals surface area contributed by atoms with Crippen LogP contribution in [0, 0.1) is 0 Å². The lowest BCUT2D eigenvalue weighted by Gasteiger charge is -2.25. The molecular weight excluding hydrogens is 542 g/mol. The topological polar surface area (TPSA) is 280 Å². The van der Waals surface area contributed by atoms with E-state index in [0.29, 0.717) is 11.3 Å². The van der Waals surface area contributed by atoms with Crippen LogP contribution in [0.4, 0.5) is 0 Å². The number of primary amides is 1. The van der Waals surface area contributed by atoms with Crippen LogP contribution in [-0.2, 0) is 41.6 Å². The van der Waals surface area contributed by atoms with Crippen molar-refractivity contribution in [1.82, 2.24) is 25.9 Å². The molecular formula is C25H33N7O9. The van der Waals surface area contributed by atoms with Gasteiger partial charge in [0.15, 0.2) is 0 Å². The minimum atomic E-state index is -1.57. The van der Waals surface area contributed by atoms with Gasteiger partial charge in [0, 0.05) is 37.6 Å². The average Bonchev–Trinajstić information content (AvgIpc) is 3.42. The van der Waals surface area contributed by atoms with Gasteiger partial charge in [0.05, 0.1) is 12.4 Å². The van der Waals surface area contributed by atoms with E-state index < -0.39 is 72.6 Å². The number of nitrogens with one attached hydrogen (secondary N) is 4. The molecule has 4 atom stereocenters. The Morgan fingerprint density at radius 1 is 0.829 bits per heavy atom. The van der Waals surface area contributed by atoms with Gasteiger partial charge in [0.2, 0.25) is 23.6 Å². The number of aromatic amines is 1. The third kappa shape index (κ3) is 11.3. The van der Waals surface area contributed by atoms with E-state index >= 15 is 0 Å². The Morgan fingerprint density at radius 2 is 1.41 bits per heavy atom. The highest BCUT2D eigenvalue weighted by Crippen LogP contribution is 2.12. The van der Waals surface area contributed by atoms with Gasteiger partial charge >= 0.3 is 11.9 Å². The predicted molar refractivity (Wildman–Crippen MR) is 141 cm³/mol. The second-order valence-electron chi connectivity index (χ2n) is 9.22. The van der Waals surface area contributed by atoms with Gasteiger partial charge in [-0.05, 0) is 30.5 Å². The number of carbonyl (C=O) groups is 6. The Bertz CT molecular complexity index is 1220. The fourth-order valence-electron chi connectivity index (χ4n) is 3.71. The number of aromatic hydroxyl groups is 1. The molecule has 0 saturated carbocycles. The molecule has 0 spiro atoms. The number of hydrogen-bond donors (Lipinski definition) is 9. The number of carboxylic acids is 2. The average molecular weight is 576 g/mol. The first-order chi connectivity index (χ1) is 19.3. The fraction of sp³-hybridized carbons (Fsp3) is 0.400. The fourth-order valence-corrected chi connectivity index (χ4v) is 3.71. The van der Waals surface area contributed by atoms with E-state index in [1.807, 2.05) is 0 Å². The van der Waals surface area contributed by atoms with Crippen LogP contribution < -0.4 is 27.4 Å². The number of aromatic nitrogens is 2. The number of carbonyl (C=O) groups excluding carboxylic acids is 4. The highest BCUT2D eigenvalue weighted by atomic mass is 16.4. The standard InChI is InChI=1S/C25H33N7O9/c26-16(10-14-11-28-12-29-14)22(37)30-17(5-7-20(27)34)23(38)32-19(9-13-1-3-15(33)4-2-13)24(39)31-18(25(40)41)6-8-21(35)36/h1-4,11-12,16-19,33H,5-10,26H2,(H2,27,34)(H,28,29)(H,30,37)(H,31,39)(H,32,38)(H,35,36)(H,40,41). The summed E-state index contributed by atoms with van der Waals surface area (Å²) in [6, 6.07) is 0.227. The van der Waals surface area contributed by atoms with Gasteiger partial charge < -0.3 is 47.7 Å². The predicted octanol–water partition coefficient (Wildman–Crippen LogP) is -2.10. The summed E-state index contributed by atoms with van der Waals surface area (Å²) in [5.74, 6) is -6.11. The largest absolute Gasteiger partial charge is 0.508 e. The Kier molecular flexibility index (Phi) is 12.2. The highest BCUT2D eigenvalue weighted by molar-refractivity contribution is 5.94. The summed E-state index contributed by atoms with van der Waals surface area (Å²) in [6.45, 7) is 0. The number of aliphatic carboxylic acids is 2. The van der Waals surface area contributed by atoms with Crippen molar-refractivity contribution in [2.24, 2.45) is 11.5 Å². The number of nitrogens with zero attached hydrogens (tertiary/aromatic N) is 1. The van der Waals surface area contributed by atoms with E-state index in [1.165, 1.54) is 36.8 Å². The summed E-state index contributed by atoms with van der Waals surface area (Å²) in [5.41, 5.74) is 12.2. The molecule has 0 saturated heterocycles. The van der Waals surface area contributed by atoms with Crippen LogP contribution >= 0.6 is 0 Å². The Morgan fingerprint density at radius 3 is 1.98 bits per heavy atom. The van der Waals surface area contributed by atoms with Gasteiger partial charge in [-0.1, -0.05) is 12.1 Å². The van der Waals surface area contributed by atoms with Crippen LogP contribution in [0.25, 0.3) is 0 Å². The third-order valence-corrected chi connectivity index (χ3v) is 5.91. The molecule has 1 aromatic carbocycles. The molecule has 16 heteroatoms. The Balaban J connectivity index is 2.24. The minimum Gasteiger partial charge on any atom is -0.508 e. The van der Waals surface area contributed by atoms with Crippen molar-refractivity contribution < 1.29 is 44.1 Å². The maximum absolute atomic E-state index is 13.3. The number of phenols is 1. The van der Waals surface area contributed by atoms with Gasteiger partial charge in [-0.25, -0.2) is 9.78 Å². The molecule has 0 fully saturated rings. The number of benzene rings is 1. The van der Waals surface area contributed by atoms with Crippen LogP contribution in [0.3, 0.4) is 0 Å². The first-order valence-corrected chi connectivity index (χ1v) is 12.5. The Labute approximate surface area is 233 Å². The van der Waals surface area contributed by atoms with E-state index in [1.54, 1.807) is 0 Å². The lowest BCUT2D eigenvalue weighted by atomic mass is 10.0. The maximum Gasteiger partial charge on any atom is 0.326 e. The molecule has 222 valence electrons. The zero-order valence-electron chi connectivity index (χ0n) is 21.9. The molecule has 1 aromatic heterocycles. The van der Waals surface area contributed by atoms with Crippen molar-refractivity contribution in [2.45, 2.75) is 62.7 Å². The molecule has 16 nitrogen and oxygen atoms in total. The monoisotopic (exact) mass is 575 g/mol. The molecule has 2 rings (SSSR count). The Hall–Kier alpha value is -4.99. The summed E-state index contributed by atoms with van der Waals surface area (Å²) in [7, 11) is 0. The van der Waals surface area contributed by atoms with E-state index in [2.05, 4.69) is 25.9 Å². The lowest BCUT2D eigenvalue weighted by molar-refractivity contribution is -0.143. The third-order valence-electron chi connectivity index (χ3n) is 5.91. The van der Waals surface area contributed by atoms with Crippen LogP contribution in [0.1, 0.15) is 36.9 Å². The maximum atomic E-state index is 13.3. The molecule has 0 aliphatic rings. The molecule has 0 radical (unpaired) electrons. The van der Waals surface area contributed by atoms with Gasteiger partial charge in [0.1, 0.15) is 23.9 Å². The number of carboxylic acid groups (broad SMARTS) is 2. The first-order valence-electron chi connectivity index (χ1n) is 12.5. The number of phenolic OH excluding ortho intramolecular Hbond substituents is 1. The van der Waals surface area contributed by atoms with E-state index in [-0.39, 0.29) is 31.4 Å². The van der Waals surface area contributed by atoms with E-state index in [4.69, 9.17) is 16.6 Å². The molecule has 4 amide bonds. The zero-order chi connectivity index (χ0) is 30.5. The normalized spacial score (nSPS) is 13.7. The lowest BCUT2D eigenvalue weighted by Crippen LogP contribution is -2.58. The van der Waals surface area contributed by atoms with Crippen LogP contribution in [0.2, 0.25) is 0 Å². The second-order valence-corrected chi connectivity index (χ2v) is 9.22. The summed E-state index contributed by atoms with van der Waals surface area (Å²) >= 11 is 0. The van der Waals surface area contributed by atoms with Crippen molar-refractivity contribution in [3.8, 4) is 5.75 Å². The summed E-state index contributed by atoms with van der Waals surface area (Å²) in [5, 5.41) is 35.0. The van der Waals surface area contributed by atoms with Gasteiger partial charge in [-0.15, -0.1) is 0 Å². The summed E-state index contributed by atoms with van der Waals surface area (Å²) < 4.78 is 0. The summed E-state index contributed by atoms with van der Waals surface area (Å²) in [6.07, 6.45) is 1.30. The quantitative estimate of drug-likeness (QED) is 0.0984. The van der Waals surface area contributed by atoms with Crippen molar-refractivity contribution >= 4 is 35.6 Å². The molecule has 0 aliphatic heterocycles. The molecule has 1 heterocycles. The number of H-pyrrole nitrogens is 1. The molecule has 41 heavy (non-hydrogen) atoms. The van der Waals surface area contributed by atoms with E-state index in [9.17, 15) is 39.0 Å². The van der Waals surface area contributed by atoms with Crippen LogP contribution in [0.15, 0.2) is 36.8 Å². The number of nitrogens with two attached hydrogens (primary N) is 2. The number of rotatable bonds is 17. The summed E-state index contributed by atoms with van der Waals surface area (Å²) in [4.78, 5) is 79.7. The zero-order valence-corrected chi connectivity index (χ0v) is 21.9. The smallest absolute Gasteiger partial charge is 0.326 e. The van der Waals surface area contributed by atoms with Crippen LogP contribution in [-0.4, -0.2) is 85.0 Å². The van der Waals surface area contributed by atoms with Crippen molar-refractivity contribution in [3.05, 3.63) is 48.0 Å². The van der Waals surface area contributed by atoms with E-state index in [0.717, 1.165) is 0 Å². The highest BCUT2D eigenvalue weighted by Gasteiger charge is 2.31. The second kappa shape index (κ2) is 15.6. The first kappa shape index (κ1) is 32.2. The molecule has 4 unspecified atom stereocenters. The number of imidazole rings is 1. The number of amides is 4. The SMILES string of the molecule is NC(=O)CCC(NC(=O)C(N)Cc1cnc[nH]1)C(=O)NC(Cc1ccc(O)cc1)C(=O)NC(CCC(=O)O)C(=O)O. The molecule has 0 aliphatic carbocycles. The van der Waals surface area contributed by atoms with Crippen molar-refractivity contribution in [1.29, 1.82) is 0 Å². The van der Waals surface area contributed by atoms with Gasteiger partial charge in [-0.3, -0.25) is 24.0 Å². The van der Waals surface area contributed by atoms with Crippen molar-refractivity contribution in [3.63, 3.8) is 0 Å². The number of hydrogen-bond acceptors (Lipinski definition) is 9. The minimum absolute atomic E-state index is 0.0564. The molecule has 2 aromatic rings. The van der Waals surface area contributed by atoms with Crippen molar-refractivity contribution in [2.75, 3.05) is 0 Å². The molecule has 11 N–H and O–H groups in total.